The first-order chi connectivity index (χ1) is 13.8. The minimum absolute atomic E-state index is 0.273. The molecule has 2 heteroatoms. The second kappa shape index (κ2) is 25.0. The fraction of sp³-hybridized carbons (Fsp3) is 1.00. The van der Waals surface area contributed by atoms with Gasteiger partial charge in [-0.15, -0.1) is 0 Å². The Bertz CT molecular complexity index is 269. The molecule has 0 rings (SSSR count). The van der Waals surface area contributed by atoms with E-state index in [1.807, 2.05) is 0 Å². The van der Waals surface area contributed by atoms with Crippen molar-refractivity contribution in [1.29, 1.82) is 0 Å². The third-order valence-corrected chi connectivity index (χ3v) is 6.16. The predicted octanol–water partition coefficient (Wildman–Crippen LogP) is 8.30. The van der Waals surface area contributed by atoms with Gasteiger partial charge < -0.3 is 10.8 Å². The largest absolute Gasteiger partial charge is 0.392 e. The first kappa shape index (κ1) is 27.9. The Kier molecular flexibility index (Phi) is 24.9. The van der Waals surface area contributed by atoms with Crippen molar-refractivity contribution in [2.45, 2.75) is 161 Å². The first-order valence-electron chi connectivity index (χ1n) is 13.2. The topological polar surface area (TPSA) is 46.2 Å². The summed E-state index contributed by atoms with van der Waals surface area (Å²) in [4.78, 5) is 0. The molecular weight excluding hydrogens is 342 g/mol. The zero-order valence-corrected chi connectivity index (χ0v) is 19.6. The summed E-state index contributed by atoms with van der Waals surface area (Å²) < 4.78 is 0. The summed E-state index contributed by atoms with van der Waals surface area (Å²) in [5, 5.41) is 9.40. The Morgan fingerprint density at radius 3 is 0.964 bits per heavy atom. The van der Waals surface area contributed by atoms with E-state index in [1.54, 1.807) is 0 Å². The van der Waals surface area contributed by atoms with Gasteiger partial charge in [0.1, 0.15) is 0 Å². The van der Waals surface area contributed by atoms with E-state index in [9.17, 15) is 5.11 Å². The van der Waals surface area contributed by atoms with Gasteiger partial charge in [0, 0.05) is 6.54 Å². The van der Waals surface area contributed by atoms with Crippen LogP contribution in [-0.2, 0) is 0 Å². The molecule has 0 aromatic rings. The molecule has 0 aromatic carbocycles. The third kappa shape index (κ3) is 24.0. The van der Waals surface area contributed by atoms with Crippen LogP contribution < -0.4 is 5.73 Å². The Hall–Kier alpha value is -0.0800. The first-order valence-corrected chi connectivity index (χ1v) is 13.2. The normalized spacial score (nSPS) is 12.5. The molecule has 0 bridgehead atoms. The molecule has 0 fully saturated rings. The molecule has 170 valence electrons. The number of hydrogen-bond acceptors (Lipinski definition) is 2. The second-order valence-corrected chi connectivity index (χ2v) is 9.10. The summed E-state index contributed by atoms with van der Waals surface area (Å²) >= 11 is 0. The lowest BCUT2D eigenvalue weighted by molar-refractivity contribution is 0.168. The lowest BCUT2D eigenvalue weighted by atomic mass is 10.0. The predicted molar refractivity (Wildman–Crippen MR) is 127 cm³/mol. The van der Waals surface area contributed by atoms with E-state index >= 15 is 0 Å². The highest BCUT2D eigenvalue weighted by atomic mass is 16.3. The van der Waals surface area contributed by atoms with Crippen molar-refractivity contribution in [1.82, 2.24) is 0 Å². The van der Waals surface area contributed by atoms with Crippen LogP contribution >= 0.6 is 0 Å². The van der Waals surface area contributed by atoms with Crippen molar-refractivity contribution in [3.63, 3.8) is 0 Å². The van der Waals surface area contributed by atoms with Gasteiger partial charge in [0.25, 0.3) is 0 Å². The average Bonchev–Trinajstić information content (AvgIpc) is 2.71. The molecule has 0 aliphatic carbocycles. The number of unbranched alkanes of at least 4 members (excludes halogenated alkanes) is 21. The minimum Gasteiger partial charge on any atom is -0.392 e. The number of rotatable bonds is 24. The lowest BCUT2D eigenvalue weighted by Crippen LogP contribution is -2.19. The molecule has 1 unspecified atom stereocenters. The van der Waals surface area contributed by atoms with Crippen LogP contribution in [0.25, 0.3) is 0 Å². The second-order valence-electron chi connectivity index (χ2n) is 9.10. The number of hydrogen-bond donors (Lipinski definition) is 2. The maximum absolute atomic E-state index is 9.40. The highest BCUT2D eigenvalue weighted by Gasteiger charge is 2.00. The van der Waals surface area contributed by atoms with E-state index in [4.69, 9.17) is 5.73 Å². The molecule has 0 radical (unpaired) electrons. The van der Waals surface area contributed by atoms with Crippen LogP contribution in [-0.4, -0.2) is 17.8 Å². The van der Waals surface area contributed by atoms with Gasteiger partial charge in [-0.3, -0.25) is 0 Å². The molecule has 1 atom stereocenters. The van der Waals surface area contributed by atoms with Gasteiger partial charge in [0.2, 0.25) is 0 Å². The van der Waals surface area contributed by atoms with E-state index < -0.39 is 0 Å². The van der Waals surface area contributed by atoms with Crippen LogP contribution in [0.2, 0.25) is 0 Å². The van der Waals surface area contributed by atoms with Crippen LogP contribution in [0.1, 0.15) is 155 Å². The smallest absolute Gasteiger partial charge is 0.0662 e. The summed E-state index contributed by atoms with van der Waals surface area (Å²) in [5.74, 6) is 0. The molecule has 0 aliphatic rings. The minimum atomic E-state index is -0.273. The quantitative estimate of drug-likeness (QED) is 0.161. The van der Waals surface area contributed by atoms with Crippen molar-refractivity contribution in [3.05, 3.63) is 0 Å². The van der Waals surface area contributed by atoms with Gasteiger partial charge in [0.15, 0.2) is 0 Å². The molecular formula is C26H55NO. The Labute approximate surface area is 178 Å². The Balaban J connectivity index is 3.00. The molecule has 0 amide bonds. The number of nitrogens with two attached hydrogens (primary N) is 1. The standard InChI is InChI=1S/C26H55NO/c1-2-3-4-5-6-7-8-9-10-11-12-13-14-15-16-17-18-19-20-21-22-23-24-26(28)25-27/h26,28H,2-25,27H2,1H3. The fourth-order valence-corrected chi connectivity index (χ4v) is 4.11. The van der Waals surface area contributed by atoms with E-state index in [2.05, 4.69) is 6.92 Å². The van der Waals surface area contributed by atoms with Crippen LogP contribution in [0.4, 0.5) is 0 Å². The highest BCUT2D eigenvalue weighted by Crippen LogP contribution is 2.15. The maximum atomic E-state index is 9.40. The van der Waals surface area contributed by atoms with Crippen molar-refractivity contribution in [2.75, 3.05) is 6.54 Å². The van der Waals surface area contributed by atoms with E-state index in [1.165, 1.54) is 135 Å². The van der Waals surface area contributed by atoms with Crippen LogP contribution in [0.15, 0.2) is 0 Å². The maximum Gasteiger partial charge on any atom is 0.0662 e. The van der Waals surface area contributed by atoms with Crippen molar-refractivity contribution in [2.24, 2.45) is 5.73 Å². The van der Waals surface area contributed by atoms with Crippen LogP contribution in [0.5, 0.6) is 0 Å². The number of aliphatic hydroxyl groups is 1. The molecule has 0 aliphatic heterocycles. The Morgan fingerprint density at radius 2 is 0.714 bits per heavy atom. The molecule has 0 saturated carbocycles. The van der Waals surface area contributed by atoms with Crippen molar-refractivity contribution >= 4 is 0 Å². The molecule has 0 aromatic heterocycles. The number of aliphatic hydroxyl groups excluding tert-OH is 1. The van der Waals surface area contributed by atoms with E-state index in [0.29, 0.717) is 6.54 Å². The monoisotopic (exact) mass is 397 g/mol. The zero-order valence-electron chi connectivity index (χ0n) is 19.6. The summed E-state index contributed by atoms with van der Waals surface area (Å²) in [7, 11) is 0. The molecule has 28 heavy (non-hydrogen) atoms. The third-order valence-electron chi connectivity index (χ3n) is 6.16. The van der Waals surface area contributed by atoms with Crippen LogP contribution in [0, 0.1) is 0 Å². The van der Waals surface area contributed by atoms with Gasteiger partial charge in [-0.05, 0) is 6.42 Å². The summed E-state index contributed by atoms with van der Waals surface area (Å²) in [6.45, 7) is 2.71. The molecule has 3 N–H and O–H groups in total. The molecule has 0 spiro atoms. The van der Waals surface area contributed by atoms with Gasteiger partial charge in [-0.2, -0.15) is 0 Å². The Morgan fingerprint density at radius 1 is 0.464 bits per heavy atom. The van der Waals surface area contributed by atoms with Gasteiger partial charge in [-0.1, -0.05) is 148 Å². The molecule has 0 heterocycles. The SMILES string of the molecule is CCCCCCCCCCCCCCCCCCCCCCCCC(O)CN. The summed E-state index contributed by atoms with van der Waals surface area (Å²) in [5.41, 5.74) is 5.41. The van der Waals surface area contributed by atoms with Crippen molar-refractivity contribution < 1.29 is 5.11 Å². The fourth-order valence-electron chi connectivity index (χ4n) is 4.11. The lowest BCUT2D eigenvalue weighted by Gasteiger charge is -2.06. The van der Waals surface area contributed by atoms with Crippen molar-refractivity contribution in [3.8, 4) is 0 Å². The van der Waals surface area contributed by atoms with E-state index in [-0.39, 0.29) is 6.10 Å². The summed E-state index contributed by atoms with van der Waals surface area (Å²) in [6, 6.07) is 0. The summed E-state index contributed by atoms with van der Waals surface area (Å²) in [6.07, 6.45) is 31.8. The van der Waals surface area contributed by atoms with Gasteiger partial charge >= 0.3 is 0 Å². The van der Waals surface area contributed by atoms with E-state index in [0.717, 1.165) is 12.8 Å². The van der Waals surface area contributed by atoms with Gasteiger partial charge in [-0.25, -0.2) is 0 Å². The average molecular weight is 398 g/mol. The molecule has 0 saturated heterocycles. The highest BCUT2D eigenvalue weighted by molar-refractivity contribution is 4.56. The zero-order chi connectivity index (χ0) is 20.5. The van der Waals surface area contributed by atoms with Crippen LogP contribution in [0.3, 0.4) is 0 Å². The molecule has 2 nitrogen and oxygen atoms in total. The van der Waals surface area contributed by atoms with Gasteiger partial charge in [0.05, 0.1) is 6.10 Å².